The van der Waals surface area contributed by atoms with E-state index in [1.54, 1.807) is 18.2 Å². The molecule has 144 valence electrons. The van der Waals surface area contributed by atoms with Crippen LogP contribution in [-0.2, 0) is 6.54 Å². The third kappa shape index (κ3) is 2.70. The zero-order chi connectivity index (χ0) is 20.0. The Hall–Kier alpha value is -3.36. The first-order valence-electron chi connectivity index (χ1n) is 8.10. The number of para-hydroxylation sites is 1. The van der Waals surface area contributed by atoms with Gasteiger partial charge in [-0.05, 0) is 24.3 Å². The maximum absolute atomic E-state index is 14.4. The van der Waals surface area contributed by atoms with E-state index in [9.17, 15) is 26.7 Å². The van der Waals surface area contributed by atoms with Crippen LogP contribution in [0, 0.1) is 29.1 Å². The number of nitrogens with zero attached hydrogens (tertiary/aromatic N) is 1. The number of amides is 1. The molecule has 1 N–H and O–H groups in total. The first kappa shape index (κ1) is 18.0. The van der Waals surface area contributed by atoms with Crippen molar-refractivity contribution in [2.24, 2.45) is 0 Å². The summed E-state index contributed by atoms with van der Waals surface area (Å²) in [6.45, 7) is -0.253. The second-order valence-corrected chi connectivity index (χ2v) is 6.09. The van der Waals surface area contributed by atoms with E-state index in [4.69, 9.17) is 4.42 Å². The molecule has 2 aromatic carbocycles. The number of carbonyl (C=O) groups is 1. The summed E-state index contributed by atoms with van der Waals surface area (Å²) < 4.78 is 74.9. The van der Waals surface area contributed by atoms with Crippen LogP contribution in [-0.4, -0.2) is 10.8 Å². The Morgan fingerprint density at radius 1 is 0.893 bits per heavy atom. The van der Waals surface area contributed by atoms with Crippen molar-refractivity contribution in [2.45, 2.75) is 12.7 Å². The van der Waals surface area contributed by atoms with Gasteiger partial charge in [0.05, 0.1) is 23.9 Å². The van der Waals surface area contributed by atoms with Crippen molar-refractivity contribution < 1.29 is 31.2 Å². The zero-order valence-corrected chi connectivity index (χ0v) is 14.0. The predicted molar refractivity (Wildman–Crippen MR) is 87.6 cm³/mol. The number of rotatable bonds is 3. The summed E-state index contributed by atoms with van der Waals surface area (Å²) in [5, 5.41) is 2.69. The van der Waals surface area contributed by atoms with Crippen molar-refractivity contribution in [3.63, 3.8) is 0 Å². The summed E-state index contributed by atoms with van der Waals surface area (Å²) in [6.07, 6.45) is -0.310. The van der Waals surface area contributed by atoms with E-state index in [-0.39, 0.29) is 23.6 Å². The SMILES string of the molecule is O=C1c2ccccc2N[C@H](c2c(F)c(F)c(F)c(F)c2F)N1Cc1ccco1. The molecular weight excluding hydrogens is 383 g/mol. The minimum absolute atomic E-state index is 0.189. The van der Waals surface area contributed by atoms with Gasteiger partial charge in [0, 0.05) is 5.69 Å². The molecule has 0 fully saturated rings. The normalized spacial score (nSPS) is 16.1. The summed E-state index contributed by atoms with van der Waals surface area (Å²) >= 11 is 0. The number of hydrogen-bond donors (Lipinski definition) is 1. The van der Waals surface area contributed by atoms with E-state index in [0.717, 1.165) is 4.90 Å². The zero-order valence-electron chi connectivity index (χ0n) is 14.0. The van der Waals surface area contributed by atoms with Gasteiger partial charge < -0.3 is 14.6 Å². The third-order valence-electron chi connectivity index (χ3n) is 4.45. The van der Waals surface area contributed by atoms with Crippen molar-refractivity contribution in [1.29, 1.82) is 0 Å². The topological polar surface area (TPSA) is 45.5 Å². The van der Waals surface area contributed by atoms with Crippen LogP contribution in [0.3, 0.4) is 0 Å². The molecule has 4 rings (SSSR count). The number of nitrogens with one attached hydrogen (secondary N) is 1. The molecule has 0 radical (unpaired) electrons. The molecule has 1 atom stereocenters. The Morgan fingerprint density at radius 3 is 2.18 bits per heavy atom. The first-order chi connectivity index (χ1) is 13.4. The molecule has 9 heteroatoms. The number of carbonyl (C=O) groups excluding carboxylic acids is 1. The summed E-state index contributed by atoms with van der Waals surface area (Å²) in [6, 6.07) is 9.16. The maximum Gasteiger partial charge on any atom is 0.258 e. The summed E-state index contributed by atoms with van der Waals surface area (Å²) in [5.41, 5.74) is -0.753. The third-order valence-corrected chi connectivity index (χ3v) is 4.45. The molecule has 1 aromatic heterocycles. The van der Waals surface area contributed by atoms with E-state index < -0.39 is 46.7 Å². The Balaban J connectivity index is 1.90. The smallest absolute Gasteiger partial charge is 0.258 e. The standard InChI is InChI=1S/C19H11F5N2O2/c20-13-12(14(21)16(23)17(24)15(13)22)18-25-11-6-2-1-5-10(11)19(27)26(18)8-9-4-3-7-28-9/h1-7,18,25H,8H2/t18-/m0/s1. The van der Waals surface area contributed by atoms with E-state index in [1.165, 1.54) is 24.5 Å². The second kappa shape index (κ2) is 6.66. The molecule has 1 aliphatic rings. The lowest BCUT2D eigenvalue weighted by Gasteiger charge is -2.38. The lowest BCUT2D eigenvalue weighted by molar-refractivity contribution is 0.0642. The van der Waals surface area contributed by atoms with Gasteiger partial charge in [0.15, 0.2) is 23.3 Å². The number of hydrogen-bond acceptors (Lipinski definition) is 3. The van der Waals surface area contributed by atoms with E-state index in [1.807, 2.05) is 0 Å². The quantitative estimate of drug-likeness (QED) is 0.397. The number of furan rings is 1. The van der Waals surface area contributed by atoms with E-state index in [2.05, 4.69) is 5.32 Å². The van der Waals surface area contributed by atoms with Crippen LogP contribution >= 0.6 is 0 Å². The van der Waals surface area contributed by atoms with Gasteiger partial charge in [0.2, 0.25) is 5.82 Å². The van der Waals surface area contributed by atoms with Crippen LogP contribution in [0.15, 0.2) is 47.1 Å². The van der Waals surface area contributed by atoms with Gasteiger partial charge in [-0.2, -0.15) is 0 Å². The second-order valence-electron chi connectivity index (χ2n) is 6.09. The number of benzene rings is 2. The van der Waals surface area contributed by atoms with E-state index >= 15 is 0 Å². The minimum Gasteiger partial charge on any atom is -0.467 e. The molecule has 1 aliphatic heterocycles. The Labute approximate surface area is 155 Å². The number of fused-ring (bicyclic) bond motifs is 1. The predicted octanol–water partition coefficient (Wildman–Crippen LogP) is 4.74. The lowest BCUT2D eigenvalue weighted by Crippen LogP contribution is -2.43. The van der Waals surface area contributed by atoms with Gasteiger partial charge in [0.25, 0.3) is 5.91 Å². The van der Waals surface area contributed by atoms with Gasteiger partial charge >= 0.3 is 0 Å². The largest absolute Gasteiger partial charge is 0.467 e. The van der Waals surface area contributed by atoms with Gasteiger partial charge in [-0.3, -0.25) is 4.79 Å². The van der Waals surface area contributed by atoms with Gasteiger partial charge in [0.1, 0.15) is 11.9 Å². The monoisotopic (exact) mass is 394 g/mol. The molecular formula is C19H11F5N2O2. The fraction of sp³-hybridized carbons (Fsp3) is 0.105. The van der Waals surface area contributed by atoms with Crippen LogP contribution in [0.4, 0.5) is 27.6 Å². The molecule has 0 saturated carbocycles. The Kier molecular flexibility index (Phi) is 4.29. The highest BCUT2D eigenvalue weighted by Gasteiger charge is 2.39. The average molecular weight is 394 g/mol. The van der Waals surface area contributed by atoms with Gasteiger partial charge in [-0.1, -0.05) is 12.1 Å². The molecule has 0 saturated heterocycles. The van der Waals surface area contributed by atoms with E-state index in [0.29, 0.717) is 0 Å². The molecule has 2 heterocycles. The number of halogens is 5. The first-order valence-corrected chi connectivity index (χ1v) is 8.10. The summed E-state index contributed by atoms with van der Waals surface area (Å²) in [5.74, 6) is -10.8. The van der Waals surface area contributed by atoms with Crippen molar-refractivity contribution in [3.8, 4) is 0 Å². The van der Waals surface area contributed by atoms with Crippen LogP contribution in [0.1, 0.15) is 27.8 Å². The molecule has 1 amide bonds. The molecule has 0 bridgehead atoms. The van der Waals surface area contributed by atoms with Gasteiger partial charge in [-0.15, -0.1) is 0 Å². The van der Waals surface area contributed by atoms with Crippen molar-refractivity contribution in [2.75, 3.05) is 5.32 Å². The molecule has 0 aliphatic carbocycles. The highest BCUT2D eigenvalue weighted by molar-refractivity contribution is 6.01. The van der Waals surface area contributed by atoms with Crippen LogP contribution in [0.5, 0.6) is 0 Å². The highest BCUT2D eigenvalue weighted by atomic mass is 19.2. The Morgan fingerprint density at radius 2 is 1.54 bits per heavy atom. The molecule has 28 heavy (non-hydrogen) atoms. The average Bonchev–Trinajstić information content (AvgIpc) is 3.21. The fourth-order valence-corrected chi connectivity index (χ4v) is 3.12. The number of anilines is 1. The minimum atomic E-state index is -2.26. The van der Waals surface area contributed by atoms with Crippen LogP contribution in [0.25, 0.3) is 0 Å². The fourth-order valence-electron chi connectivity index (χ4n) is 3.12. The van der Waals surface area contributed by atoms with Crippen molar-refractivity contribution in [1.82, 2.24) is 4.90 Å². The molecule has 0 unspecified atom stereocenters. The van der Waals surface area contributed by atoms with Crippen LogP contribution < -0.4 is 5.32 Å². The highest BCUT2D eigenvalue weighted by Crippen LogP contribution is 2.38. The molecule has 4 nitrogen and oxygen atoms in total. The lowest BCUT2D eigenvalue weighted by atomic mass is 10.0. The maximum atomic E-state index is 14.4. The Bertz CT molecular complexity index is 1040. The van der Waals surface area contributed by atoms with Crippen molar-refractivity contribution in [3.05, 3.63) is 88.6 Å². The van der Waals surface area contributed by atoms with Crippen molar-refractivity contribution >= 4 is 11.6 Å². The summed E-state index contributed by atoms with van der Waals surface area (Å²) in [4.78, 5) is 13.9. The molecule has 3 aromatic rings. The van der Waals surface area contributed by atoms with Gasteiger partial charge in [-0.25, -0.2) is 22.0 Å². The van der Waals surface area contributed by atoms with Crippen LogP contribution in [0.2, 0.25) is 0 Å². The summed E-state index contributed by atoms with van der Waals surface area (Å²) in [7, 11) is 0. The molecule has 0 spiro atoms.